The Kier molecular flexibility index (Phi) is 6.92. The van der Waals surface area contributed by atoms with Gasteiger partial charge in [0.25, 0.3) is 5.56 Å². The molecule has 1 N–H and O–H groups in total. The van der Waals surface area contributed by atoms with Gasteiger partial charge < -0.3 is 9.84 Å². The third kappa shape index (κ3) is 5.03. The minimum atomic E-state index is -0.777. The maximum Gasteiger partial charge on any atom is 0.337 e. The zero-order chi connectivity index (χ0) is 22.7. The fourth-order valence-electron chi connectivity index (χ4n) is 3.11. The van der Waals surface area contributed by atoms with E-state index in [2.05, 4.69) is 4.98 Å². The number of aromatic nitrogens is 2. The van der Waals surface area contributed by atoms with Crippen molar-refractivity contribution in [3.05, 3.63) is 69.0 Å². The average Bonchev–Trinajstić information content (AvgIpc) is 2.75. The van der Waals surface area contributed by atoms with Crippen molar-refractivity contribution in [1.82, 2.24) is 9.55 Å². The number of rotatable bonds is 7. The molecule has 0 amide bonds. The Hall–Kier alpha value is -2.97. The number of thioether (sulfide) groups is 1. The summed E-state index contributed by atoms with van der Waals surface area (Å²) in [4.78, 5) is 42.1. The molecule has 0 saturated heterocycles. The summed E-state index contributed by atoms with van der Waals surface area (Å²) in [6.45, 7) is 5.55. The van der Waals surface area contributed by atoms with Crippen LogP contribution < -0.4 is 5.56 Å². The lowest BCUT2D eigenvalue weighted by atomic mass is 10.0. The van der Waals surface area contributed by atoms with Gasteiger partial charge in [-0.25, -0.2) is 9.78 Å². The first-order chi connectivity index (χ1) is 14.7. The van der Waals surface area contributed by atoms with E-state index in [9.17, 15) is 19.5 Å². The Bertz CT molecular complexity index is 1220. The van der Waals surface area contributed by atoms with Gasteiger partial charge in [-0.15, -0.1) is 0 Å². The van der Waals surface area contributed by atoms with Crippen LogP contribution in [0.15, 0.2) is 46.3 Å². The van der Waals surface area contributed by atoms with Gasteiger partial charge in [-0.3, -0.25) is 14.2 Å². The molecular weight excluding hydrogens is 416 g/mol. The first-order valence-corrected chi connectivity index (χ1v) is 10.7. The second kappa shape index (κ2) is 9.45. The molecule has 1 unspecified atom stereocenters. The van der Waals surface area contributed by atoms with Gasteiger partial charge in [-0.2, -0.15) is 0 Å². The van der Waals surface area contributed by atoms with E-state index in [0.717, 1.165) is 22.9 Å². The minimum Gasteiger partial charge on any atom is -0.465 e. The van der Waals surface area contributed by atoms with Crippen LogP contribution in [0.2, 0.25) is 0 Å². The minimum absolute atomic E-state index is 0.0424. The highest BCUT2D eigenvalue weighted by Crippen LogP contribution is 2.21. The Morgan fingerprint density at radius 2 is 1.84 bits per heavy atom. The molecular formula is C23H24N2O5S. The largest absolute Gasteiger partial charge is 0.465 e. The van der Waals surface area contributed by atoms with E-state index in [1.165, 1.54) is 29.9 Å². The predicted molar refractivity (Wildman–Crippen MR) is 120 cm³/mol. The van der Waals surface area contributed by atoms with Crippen LogP contribution in [0.5, 0.6) is 0 Å². The normalized spacial score (nSPS) is 12.0. The number of fused-ring (bicyclic) bond motifs is 1. The Morgan fingerprint density at radius 3 is 2.48 bits per heavy atom. The van der Waals surface area contributed by atoms with Crippen molar-refractivity contribution in [3.8, 4) is 0 Å². The van der Waals surface area contributed by atoms with Crippen LogP contribution in [0.4, 0.5) is 0 Å². The Balaban J connectivity index is 1.99. The smallest absolute Gasteiger partial charge is 0.337 e. The Labute approximate surface area is 184 Å². The van der Waals surface area contributed by atoms with Crippen LogP contribution in [0, 0.1) is 13.8 Å². The Morgan fingerprint density at radius 1 is 1.13 bits per heavy atom. The molecule has 0 radical (unpaired) electrons. The van der Waals surface area contributed by atoms with E-state index in [0.29, 0.717) is 21.6 Å². The number of aryl methyl sites for hydroxylation is 2. The molecule has 0 saturated carbocycles. The average molecular weight is 441 g/mol. The zero-order valence-corrected chi connectivity index (χ0v) is 18.7. The number of nitrogens with zero attached hydrogens (tertiary/aromatic N) is 2. The number of esters is 1. The lowest BCUT2D eigenvalue weighted by molar-refractivity contribution is 0.0600. The zero-order valence-electron chi connectivity index (χ0n) is 17.8. The lowest BCUT2D eigenvalue weighted by Gasteiger charge is -2.14. The van der Waals surface area contributed by atoms with Gasteiger partial charge in [0.2, 0.25) is 0 Å². The number of ether oxygens (including phenoxy) is 1. The van der Waals surface area contributed by atoms with Crippen LogP contribution in [-0.2, 0) is 11.3 Å². The first-order valence-electron chi connectivity index (χ1n) is 9.75. The fourth-order valence-corrected chi connectivity index (χ4v) is 4.01. The number of hydrogen-bond acceptors (Lipinski definition) is 7. The molecule has 8 heteroatoms. The number of aliphatic hydroxyl groups is 1. The van der Waals surface area contributed by atoms with Gasteiger partial charge in [0, 0.05) is 5.56 Å². The molecule has 7 nitrogen and oxygen atoms in total. The van der Waals surface area contributed by atoms with Crippen LogP contribution in [0.25, 0.3) is 10.9 Å². The van der Waals surface area contributed by atoms with Crippen LogP contribution in [0.3, 0.4) is 0 Å². The maximum atomic E-state index is 13.0. The van der Waals surface area contributed by atoms with Gasteiger partial charge in [0.1, 0.15) is 0 Å². The maximum absolute atomic E-state index is 13.0. The van der Waals surface area contributed by atoms with Crippen molar-refractivity contribution >= 4 is 34.4 Å². The van der Waals surface area contributed by atoms with Crippen LogP contribution in [0.1, 0.15) is 38.8 Å². The SMILES string of the molecule is COC(=O)c1ccc2c(=O)n(CC(C)O)c(SCC(=O)c3ccc(C)c(C)c3)nc2c1. The highest BCUT2D eigenvalue weighted by atomic mass is 32.2. The molecule has 1 aromatic heterocycles. The van der Waals surface area contributed by atoms with Crippen molar-refractivity contribution < 1.29 is 19.4 Å². The summed E-state index contributed by atoms with van der Waals surface area (Å²) < 4.78 is 6.10. The highest BCUT2D eigenvalue weighted by Gasteiger charge is 2.17. The van der Waals surface area contributed by atoms with E-state index in [1.807, 2.05) is 26.0 Å². The first kappa shape index (κ1) is 22.7. The molecule has 0 aliphatic rings. The summed E-state index contributed by atoms with van der Waals surface area (Å²) in [7, 11) is 1.28. The molecule has 0 bridgehead atoms. The summed E-state index contributed by atoms with van der Waals surface area (Å²) in [5.74, 6) is -0.540. The molecule has 31 heavy (non-hydrogen) atoms. The number of Topliss-reactive ketones (excluding diaryl/α,β-unsaturated/α-hetero) is 1. The second-order valence-corrected chi connectivity index (χ2v) is 8.34. The van der Waals surface area contributed by atoms with Crippen LogP contribution in [-0.4, -0.2) is 45.4 Å². The third-order valence-electron chi connectivity index (χ3n) is 4.95. The van der Waals surface area contributed by atoms with Gasteiger partial charge in [-0.1, -0.05) is 23.9 Å². The summed E-state index contributed by atoms with van der Waals surface area (Å²) in [5.41, 5.74) is 2.99. The molecule has 0 aliphatic heterocycles. The predicted octanol–water partition coefficient (Wildman–Crippen LogP) is 3.16. The molecule has 3 aromatic rings. The number of aliphatic hydroxyl groups excluding tert-OH is 1. The highest BCUT2D eigenvalue weighted by molar-refractivity contribution is 7.99. The van der Waals surface area contributed by atoms with Crippen molar-refractivity contribution in [3.63, 3.8) is 0 Å². The van der Waals surface area contributed by atoms with E-state index in [-0.39, 0.29) is 29.2 Å². The molecule has 3 rings (SSSR count). The quantitative estimate of drug-likeness (QED) is 0.261. The van der Waals surface area contributed by atoms with Crippen molar-refractivity contribution in [1.29, 1.82) is 0 Å². The molecule has 0 fully saturated rings. The van der Waals surface area contributed by atoms with E-state index in [1.54, 1.807) is 13.0 Å². The number of hydrogen-bond donors (Lipinski definition) is 1. The lowest BCUT2D eigenvalue weighted by Crippen LogP contribution is -2.28. The second-order valence-electron chi connectivity index (χ2n) is 7.39. The van der Waals surface area contributed by atoms with Crippen molar-refractivity contribution in [2.75, 3.05) is 12.9 Å². The van der Waals surface area contributed by atoms with Gasteiger partial charge in [0.15, 0.2) is 10.9 Å². The summed E-state index contributed by atoms with van der Waals surface area (Å²) in [5, 5.41) is 10.5. The number of carbonyl (C=O) groups is 2. The van der Waals surface area contributed by atoms with E-state index >= 15 is 0 Å². The van der Waals surface area contributed by atoms with Crippen LogP contribution >= 0.6 is 11.8 Å². The summed E-state index contributed by atoms with van der Waals surface area (Å²) in [6.07, 6.45) is -0.777. The molecule has 162 valence electrons. The fraction of sp³-hybridized carbons (Fsp3) is 0.304. The number of ketones is 1. The number of methoxy groups -OCH3 is 1. The van der Waals surface area contributed by atoms with Gasteiger partial charge in [0.05, 0.1) is 42.0 Å². The topological polar surface area (TPSA) is 98.5 Å². The van der Waals surface area contributed by atoms with Crippen molar-refractivity contribution in [2.24, 2.45) is 0 Å². The molecule has 0 spiro atoms. The third-order valence-corrected chi connectivity index (χ3v) is 5.93. The van der Waals surface area contributed by atoms with E-state index < -0.39 is 12.1 Å². The summed E-state index contributed by atoms with van der Waals surface area (Å²) in [6, 6.07) is 10.0. The van der Waals surface area contributed by atoms with Gasteiger partial charge in [-0.05, 0) is 56.2 Å². The molecule has 1 atom stereocenters. The molecule has 0 aliphatic carbocycles. The number of benzene rings is 2. The standard InChI is InChI=1S/C23H24N2O5S/c1-13-5-6-16(9-14(13)2)20(27)12-31-23-24-19-10-17(22(29)30-4)7-8-18(19)21(28)25(23)11-15(3)26/h5-10,15,26H,11-12H2,1-4H3. The van der Waals surface area contributed by atoms with Crippen molar-refractivity contribution in [2.45, 2.75) is 38.6 Å². The molecule has 2 aromatic carbocycles. The van der Waals surface area contributed by atoms with E-state index in [4.69, 9.17) is 4.74 Å². The van der Waals surface area contributed by atoms with Gasteiger partial charge >= 0.3 is 5.97 Å². The monoisotopic (exact) mass is 440 g/mol. The number of carbonyl (C=O) groups excluding carboxylic acids is 2. The molecule has 1 heterocycles. The summed E-state index contributed by atoms with van der Waals surface area (Å²) >= 11 is 1.13.